The van der Waals surface area contributed by atoms with Gasteiger partial charge in [-0.3, -0.25) is 9.58 Å². The van der Waals surface area contributed by atoms with Gasteiger partial charge in [-0.2, -0.15) is 5.10 Å². The fourth-order valence-electron chi connectivity index (χ4n) is 2.88. The summed E-state index contributed by atoms with van der Waals surface area (Å²) in [6.45, 7) is 6.93. The number of fused-ring (bicyclic) bond motifs is 1. The zero-order chi connectivity index (χ0) is 14.5. The molecular weight excluding hydrogens is 264 g/mol. The van der Waals surface area contributed by atoms with E-state index in [0.717, 1.165) is 51.6 Å². The molecule has 1 saturated heterocycles. The number of ether oxygens (including phenoxy) is 1. The van der Waals surface area contributed by atoms with Crippen LogP contribution in [0.25, 0.3) is 10.9 Å². The van der Waals surface area contributed by atoms with E-state index in [9.17, 15) is 0 Å². The van der Waals surface area contributed by atoms with Gasteiger partial charge in [0, 0.05) is 32.1 Å². The Bertz CT molecular complexity index is 575. The number of aryl methyl sites for hydroxylation is 1. The Kier molecular flexibility index (Phi) is 4.85. The molecule has 0 atom stereocenters. The van der Waals surface area contributed by atoms with Gasteiger partial charge >= 0.3 is 0 Å². The molecule has 1 aromatic heterocycles. The van der Waals surface area contributed by atoms with Gasteiger partial charge in [-0.25, -0.2) is 0 Å². The van der Waals surface area contributed by atoms with Crippen LogP contribution in [0.5, 0.6) is 0 Å². The molecule has 21 heavy (non-hydrogen) atoms. The second-order valence-electron chi connectivity index (χ2n) is 5.57. The smallest absolute Gasteiger partial charge is 0.0841 e. The number of aromatic nitrogens is 2. The molecule has 0 saturated carbocycles. The molecule has 114 valence electrons. The average Bonchev–Trinajstić information content (AvgIpc) is 2.85. The van der Waals surface area contributed by atoms with E-state index in [-0.39, 0.29) is 0 Å². The largest absolute Gasteiger partial charge is 0.379 e. The van der Waals surface area contributed by atoms with Crippen molar-refractivity contribution in [1.29, 1.82) is 0 Å². The van der Waals surface area contributed by atoms with Crippen molar-refractivity contribution >= 4 is 10.9 Å². The Morgan fingerprint density at radius 1 is 1.24 bits per heavy atom. The molecular formula is C16H24N4O. The van der Waals surface area contributed by atoms with Crippen LogP contribution in [0.2, 0.25) is 0 Å². The number of benzene rings is 1. The fraction of sp³-hybridized carbons (Fsp3) is 0.562. The highest BCUT2D eigenvalue weighted by atomic mass is 16.5. The van der Waals surface area contributed by atoms with Crippen molar-refractivity contribution in [3.63, 3.8) is 0 Å². The Morgan fingerprint density at radius 3 is 2.90 bits per heavy atom. The second-order valence-corrected chi connectivity index (χ2v) is 5.57. The van der Waals surface area contributed by atoms with Crippen molar-refractivity contribution in [2.75, 3.05) is 39.4 Å². The molecule has 1 fully saturated rings. The first kappa shape index (κ1) is 14.5. The van der Waals surface area contributed by atoms with E-state index >= 15 is 0 Å². The number of nitrogens with one attached hydrogen (secondary N) is 1. The third-order valence-electron chi connectivity index (χ3n) is 4.06. The van der Waals surface area contributed by atoms with E-state index in [2.05, 4.69) is 39.6 Å². The molecule has 5 heteroatoms. The van der Waals surface area contributed by atoms with Gasteiger partial charge in [0.15, 0.2) is 0 Å². The zero-order valence-electron chi connectivity index (χ0n) is 12.7. The van der Waals surface area contributed by atoms with E-state index in [4.69, 9.17) is 4.74 Å². The average molecular weight is 288 g/mol. The SMILES string of the molecule is Cn1nc(CNCCCN2CCOCC2)c2ccccc21. The lowest BCUT2D eigenvalue weighted by molar-refractivity contribution is 0.0374. The van der Waals surface area contributed by atoms with Crippen molar-refractivity contribution < 1.29 is 4.74 Å². The molecule has 2 aromatic rings. The van der Waals surface area contributed by atoms with Gasteiger partial charge < -0.3 is 10.1 Å². The summed E-state index contributed by atoms with van der Waals surface area (Å²) in [5.41, 5.74) is 2.34. The molecule has 0 unspecified atom stereocenters. The first-order valence-electron chi connectivity index (χ1n) is 7.76. The van der Waals surface area contributed by atoms with Crippen LogP contribution in [-0.4, -0.2) is 54.1 Å². The van der Waals surface area contributed by atoms with Crippen LogP contribution >= 0.6 is 0 Å². The summed E-state index contributed by atoms with van der Waals surface area (Å²) in [4.78, 5) is 2.47. The van der Waals surface area contributed by atoms with Crippen molar-refractivity contribution in [3.05, 3.63) is 30.0 Å². The first-order valence-corrected chi connectivity index (χ1v) is 7.76. The van der Waals surface area contributed by atoms with Crippen molar-refractivity contribution in [1.82, 2.24) is 20.0 Å². The summed E-state index contributed by atoms with van der Waals surface area (Å²) in [5.74, 6) is 0. The predicted molar refractivity (Wildman–Crippen MR) is 84.3 cm³/mol. The van der Waals surface area contributed by atoms with Crippen LogP contribution in [0.1, 0.15) is 12.1 Å². The highest BCUT2D eigenvalue weighted by Gasteiger charge is 2.10. The maximum Gasteiger partial charge on any atom is 0.0841 e. The Balaban J connectivity index is 1.44. The minimum Gasteiger partial charge on any atom is -0.379 e. The molecule has 3 rings (SSSR count). The highest BCUT2D eigenvalue weighted by Crippen LogP contribution is 2.16. The monoisotopic (exact) mass is 288 g/mol. The van der Waals surface area contributed by atoms with Gasteiger partial charge in [0.1, 0.15) is 0 Å². The number of hydrogen-bond acceptors (Lipinski definition) is 4. The Labute approximate surface area is 125 Å². The lowest BCUT2D eigenvalue weighted by Gasteiger charge is -2.26. The lowest BCUT2D eigenvalue weighted by atomic mass is 10.2. The maximum atomic E-state index is 5.36. The van der Waals surface area contributed by atoms with Crippen molar-refractivity contribution in [3.8, 4) is 0 Å². The molecule has 1 aromatic carbocycles. The summed E-state index contributed by atoms with van der Waals surface area (Å²) in [6.07, 6.45) is 1.17. The Hall–Kier alpha value is -1.43. The summed E-state index contributed by atoms with van der Waals surface area (Å²) < 4.78 is 7.32. The van der Waals surface area contributed by atoms with Crippen molar-refractivity contribution in [2.45, 2.75) is 13.0 Å². The van der Waals surface area contributed by atoms with Crippen LogP contribution in [0, 0.1) is 0 Å². The molecule has 0 amide bonds. The molecule has 0 radical (unpaired) electrons. The van der Waals surface area contributed by atoms with Gasteiger partial charge in [-0.05, 0) is 25.6 Å². The van der Waals surface area contributed by atoms with Crippen molar-refractivity contribution in [2.24, 2.45) is 7.05 Å². The minimum atomic E-state index is 0.838. The van der Waals surface area contributed by atoms with Crippen LogP contribution in [0.4, 0.5) is 0 Å². The number of rotatable bonds is 6. The highest BCUT2D eigenvalue weighted by molar-refractivity contribution is 5.81. The topological polar surface area (TPSA) is 42.3 Å². The zero-order valence-corrected chi connectivity index (χ0v) is 12.7. The first-order chi connectivity index (χ1) is 10.3. The molecule has 1 aliphatic rings. The standard InChI is InChI=1S/C16H24N4O/c1-19-16-6-3-2-5-14(16)15(18-19)13-17-7-4-8-20-9-11-21-12-10-20/h2-3,5-6,17H,4,7-13H2,1H3. The van der Waals surface area contributed by atoms with E-state index in [1.165, 1.54) is 17.3 Å². The molecule has 2 heterocycles. The number of morpholine rings is 1. The molecule has 1 N–H and O–H groups in total. The Morgan fingerprint density at radius 2 is 2.05 bits per heavy atom. The number of nitrogens with zero attached hydrogens (tertiary/aromatic N) is 3. The van der Waals surface area contributed by atoms with Gasteiger partial charge in [0.25, 0.3) is 0 Å². The third kappa shape index (κ3) is 3.61. The quantitative estimate of drug-likeness (QED) is 0.816. The predicted octanol–water partition coefficient (Wildman–Crippen LogP) is 1.39. The second kappa shape index (κ2) is 7.02. The number of hydrogen-bond donors (Lipinski definition) is 1. The van der Waals surface area contributed by atoms with Crippen LogP contribution in [-0.2, 0) is 18.3 Å². The van der Waals surface area contributed by atoms with Crippen LogP contribution in [0.3, 0.4) is 0 Å². The molecule has 0 aliphatic carbocycles. The van der Waals surface area contributed by atoms with Gasteiger partial charge in [0.05, 0.1) is 24.4 Å². The summed E-state index contributed by atoms with van der Waals surface area (Å²) in [7, 11) is 2.00. The summed E-state index contributed by atoms with van der Waals surface area (Å²) in [5, 5.41) is 9.37. The van der Waals surface area contributed by atoms with Gasteiger partial charge in [0.2, 0.25) is 0 Å². The minimum absolute atomic E-state index is 0.838. The van der Waals surface area contributed by atoms with Gasteiger partial charge in [-0.1, -0.05) is 18.2 Å². The molecule has 0 spiro atoms. The molecule has 0 bridgehead atoms. The number of para-hydroxylation sites is 1. The molecule has 5 nitrogen and oxygen atoms in total. The maximum absolute atomic E-state index is 5.36. The van der Waals surface area contributed by atoms with E-state index in [0.29, 0.717) is 0 Å². The van der Waals surface area contributed by atoms with Crippen LogP contribution < -0.4 is 5.32 Å². The van der Waals surface area contributed by atoms with E-state index in [1.807, 2.05) is 11.7 Å². The lowest BCUT2D eigenvalue weighted by Crippen LogP contribution is -2.37. The van der Waals surface area contributed by atoms with E-state index < -0.39 is 0 Å². The summed E-state index contributed by atoms with van der Waals surface area (Å²) in [6, 6.07) is 8.40. The van der Waals surface area contributed by atoms with E-state index in [1.54, 1.807) is 0 Å². The third-order valence-corrected chi connectivity index (χ3v) is 4.06. The fourth-order valence-corrected chi connectivity index (χ4v) is 2.88. The van der Waals surface area contributed by atoms with Gasteiger partial charge in [-0.15, -0.1) is 0 Å². The normalized spacial score (nSPS) is 16.6. The molecule has 1 aliphatic heterocycles. The summed E-state index contributed by atoms with van der Waals surface area (Å²) >= 11 is 0. The van der Waals surface area contributed by atoms with Crippen LogP contribution in [0.15, 0.2) is 24.3 Å².